The average molecular weight is 502 g/mol. The summed E-state index contributed by atoms with van der Waals surface area (Å²) in [6, 6.07) is 18.6. The third kappa shape index (κ3) is 6.41. The molecule has 3 aromatic rings. The lowest BCUT2D eigenvalue weighted by Crippen LogP contribution is -2.49. The predicted molar refractivity (Wildman–Crippen MR) is 138 cm³/mol. The smallest absolute Gasteiger partial charge is 0.407 e. The first-order valence-electron chi connectivity index (χ1n) is 12.2. The minimum Gasteiger partial charge on any atom is -0.465 e. The number of aromatic nitrogens is 1. The van der Waals surface area contributed by atoms with E-state index in [0.29, 0.717) is 54.1 Å². The fourth-order valence-electron chi connectivity index (χ4n) is 4.52. The van der Waals surface area contributed by atoms with Crippen LogP contribution in [0.3, 0.4) is 0 Å². The molecule has 9 heteroatoms. The van der Waals surface area contributed by atoms with Crippen molar-refractivity contribution in [3.8, 4) is 17.3 Å². The van der Waals surface area contributed by atoms with E-state index in [0.717, 1.165) is 18.4 Å². The van der Waals surface area contributed by atoms with Crippen LogP contribution in [0.5, 0.6) is 0 Å². The number of nitrogens with zero attached hydrogens (tertiary/aromatic N) is 3. The number of amides is 2. The number of hydrogen-bond acceptors (Lipinski definition) is 5. The molecule has 1 saturated heterocycles. The maximum atomic E-state index is 13.6. The van der Waals surface area contributed by atoms with Crippen LogP contribution >= 0.6 is 0 Å². The molecule has 1 fully saturated rings. The van der Waals surface area contributed by atoms with Gasteiger partial charge in [-0.3, -0.25) is 4.79 Å². The van der Waals surface area contributed by atoms with Crippen LogP contribution in [0.1, 0.15) is 40.7 Å². The molecule has 2 amide bonds. The van der Waals surface area contributed by atoms with Crippen LogP contribution < -0.4 is 10.6 Å². The first-order chi connectivity index (χ1) is 18.0. The highest BCUT2D eigenvalue weighted by Gasteiger charge is 2.27. The van der Waals surface area contributed by atoms with Crippen LogP contribution in [0, 0.1) is 17.1 Å². The Hall–Kier alpha value is -4.45. The van der Waals surface area contributed by atoms with Gasteiger partial charge >= 0.3 is 6.09 Å². The topological polar surface area (TPSA) is 118 Å². The number of halogens is 1. The number of piperidine rings is 1. The fourth-order valence-corrected chi connectivity index (χ4v) is 4.52. The molecule has 0 bridgehead atoms. The SMILES string of the molecule is N#Cc1ccccc1-c1ccc(C(=O)NC[C@H]2CCCCN2C(=O)O)c(NCCc2cccc(F)c2)n1. The van der Waals surface area contributed by atoms with Gasteiger partial charge in [0.15, 0.2) is 0 Å². The molecule has 0 saturated carbocycles. The molecule has 37 heavy (non-hydrogen) atoms. The number of nitriles is 1. The molecule has 1 aromatic heterocycles. The Bertz CT molecular complexity index is 1320. The summed E-state index contributed by atoms with van der Waals surface area (Å²) in [7, 11) is 0. The van der Waals surface area contributed by atoms with Crippen LogP contribution in [0.15, 0.2) is 60.7 Å². The predicted octanol–water partition coefficient (Wildman–Crippen LogP) is 4.68. The minimum absolute atomic E-state index is 0.201. The van der Waals surface area contributed by atoms with Crippen molar-refractivity contribution < 1.29 is 19.1 Å². The van der Waals surface area contributed by atoms with Gasteiger partial charge in [-0.1, -0.05) is 30.3 Å². The van der Waals surface area contributed by atoms with E-state index in [-0.39, 0.29) is 24.3 Å². The van der Waals surface area contributed by atoms with Crippen molar-refractivity contribution in [1.82, 2.24) is 15.2 Å². The summed E-state index contributed by atoms with van der Waals surface area (Å²) >= 11 is 0. The van der Waals surface area contributed by atoms with E-state index in [2.05, 4.69) is 21.7 Å². The number of hydrogen-bond donors (Lipinski definition) is 3. The van der Waals surface area contributed by atoms with E-state index >= 15 is 0 Å². The van der Waals surface area contributed by atoms with Gasteiger partial charge in [-0.25, -0.2) is 14.2 Å². The molecular formula is C28H28FN5O3. The Balaban J connectivity index is 1.55. The number of carbonyl (C=O) groups is 2. The molecule has 3 N–H and O–H groups in total. The highest BCUT2D eigenvalue weighted by Crippen LogP contribution is 2.25. The van der Waals surface area contributed by atoms with Gasteiger partial charge in [0, 0.05) is 25.2 Å². The summed E-state index contributed by atoms with van der Waals surface area (Å²) in [6.07, 6.45) is 1.93. The number of benzene rings is 2. The maximum absolute atomic E-state index is 13.6. The standard InChI is InChI=1S/C28H28FN5O3/c29-21-8-5-6-19(16-21)13-14-31-26-24(11-12-25(33-26)23-10-2-1-7-20(23)17-30)27(35)32-18-22-9-3-4-15-34(22)28(36)37/h1-2,5-8,10-12,16,22H,3-4,9,13-15,18H2,(H,31,33)(H,32,35)(H,36,37)/t22-/m1/s1. The molecule has 0 spiro atoms. The van der Waals surface area contributed by atoms with Crippen molar-refractivity contribution in [2.75, 3.05) is 25.0 Å². The molecule has 1 atom stereocenters. The largest absolute Gasteiger partial charge is 0.465 e. The van der Waals surface area contributed by atoms with Crippen molar-refractivity contribution in [1.29, 1.82) is 5.26 Å². The first-order valence-corrected chi connectivity index (χ1v) is 12.2. The molecule has 0 radical (unpaired) electrons. The zero-order valence-corrected chi connectivity index (χ0v) is 20.3. The fraction of sp³-hybridized carbons (Fsp3) is 0.286. The molecule has 1 aliphatic heterocycles. The van der Waals surface area contributed by atoms with Crippen molar-refractivity contribution in [3.63, 3.8) is 0 Å². The van der Waals surface area contributed by atoms with Crippen molar-refractivity contribution in [2.45, 2.75) is 31.7 Å². The summed E-state index contributed by atoms with van der Waals surface area (Å²) in [6.45, 7) is 1.06. The van der Waals surface area contributed by atoms with E-state index in [1.54, 1.807) is 36.4 Å². The van der Waals surface area contributed by atoms with E-state index in [1.165, 1.54) is 17.0 Å². The summed E-state index contributed by atoms with van der Waals surface area (Å²) in [4.78, 5) is 30.8. The van der Waals surface area contributed by atoms with Gasteiger partial charge in [0.05, 0.1) is 28.9 Å². The molecule has 0 unspecified atom stereocenters. The molecule has 2 heterocycles. The number of likely N-dealkylation sites (tertiary alicyclic amines) is 1. The maximum Gasteiger partial charge on any atom is 0.407 e. The van der Waals surface area contributed by atoms with E-state index in [9.17, 15) is 24.3 Å². The van der Waals surface area contributed by atoms with Crippen LogP contribution in [-0.2, 0) is 6.42 Å². The van der Waals surface area contributed by atoms with Gasteiger partial charge in [0.1, 0.15) is 11.6 Å². The second-order valence-electron chi connectivity index (χ2n) is 8.89. The van der Waals surface area contributed by atoms with E-state index in [1.807, 2.05) is 12.1 Å². The Morgan fingerprint density at radius 1 is 1.14 bits per heavy atom. The molecular weight excluding hydrogens is 473 g/mol. The van der Waals surface area contributed by atoms with Gasteiger partial charge in [0.2, 0.25) is 0 Å². The summed E-state index contributed by atoms with van der Waals surface area (Å²) in [5, 5.41) is 25.0. The van der Waals surface area contributed by atoms with Crippen LogP contribution in [0.2, 0.25) is 0 Å². The lowest BCUT2D eigenvalue weighted by atomic mass is 10.0. The van der Waals surface area contributed by atoms with Gasteiger partial charge < -0.3 is 20.6 Å². The van der Waals surface area contributed by atoms with Crippen LogP contribution in [0.25, 0.3) is 11.3 Å². The number of anilines is 1. The molecule has 1 aliphatic rings. The average Bonchev–Trinajstić information content (AvgIpc) is 2.91. The zero-order chi connectivity index (χ0) is 26.2. The third-order valence-corrected chi connectivity index (χ3v) is 6.43. The summed E-state index contributed by atoms with van der Waals surface area (Å²) < 4.78 is 13.6. The van der Waals surface area contributed by atoms with Gasteiger partial charge in [-0.2, -0.15) is 5.26 Å². The quantitative estimate of drug-likeness (QED) is 0.413. The van der Waals surface area contributed by atoms with Crippen molar-refractivity contribution in [2.24, 2.45) is 0 Å². The normalized spacial score (nSPS) is 15.0. The second-order valence-corrected chi connectivity index (χ2v) is 8.89. The highest BCUT2D eigenvalue weighted by atomic mass is 19.1. The van der Waals surface area contributed by atoms with Crippen molar-refractivity contribution >= 4 is 17.8 Å². The van der Waals surface area contributed by atoms with E-state index < -0.39 is 6.09 Å². The van der Waals surface area contributed by atoms with Crippen LogP contribution in [0.4, 0.5) is 15.0 Å². The lowest BCUT2D eigenvalue weighted by molar-refractivity contribution is 0.0883. The molecule has 8 nitrogen and oxygen atoms in total. The number of carbonyl (C=O) groups excluding carboxylic acids is 1. The Morgan fingerprint density at radius 2 is 1.97 bits per heavy atom. The highest BCUT2D eigenvalue weighted by molar-refractivity contribution is 5.99. The zero-order valence-electron chi connectivity index (χ0n) is 20.3. The summed E-state index contributed by atoms with van der Waals surface area (Å²) in [5.41, 5.74) is 2.74. The lowest BCUT2D eigenvalue weighted by Gasteiger charge is -2.33. The monoisotopic (exact) mass is 501 g/mol. The third-order valence-electron chi connectivity index (χ3n) is 6.43. The number of nitrogens with one attached hydrogen (secondary N) is 2. The van der Waals surface area contributed by atoms with Crippen LogP contribution in [-0.4, -0.2) is 52.7 Å². The summed E-state index contributed by atoms with van der Waals surface area (Å²) in [5.74, 6) is -0.362. The van der Waals surface area contributed by atoms with Gasteiger partial charge in [0.25, 0.3) is 5.91 Å². The second kappa shape index (κ2) is 12.0. The van der Waals surface area contributed by atoms with Crippen molar-refractivity contribution in [3.05, 3.63) is 83.2 Å². The Kier molecular flexibility index (Phi) is 8.31. The number of carboxylic acid groups (broad SMARTS) is 1. The molecule has 2 aromatic carbocycles. The molecule has 4 rings (SSSR count). The van der Waals surface area contributed by atoms with Gasteiger partial charge in [-0.15, -0.1) is 0 Å². The Morgan fingerprint density at radius 3 is 2.76 bits per heavy atom. The molecule has 0 aliphatic carbocycles. The van der Waals surface area contributed by atoms with Gasteiger partial charge in [-0.05, 0) is 61.6 Å². The van der Waals surface area contributed by atoms with E-state index in [4.69, 9.17) is 0 Å². The Labute approximate surface area is 214 Å². The number of rotatable bonds is 8. The molecule has 190 valence electrons. The minimum atomic E-state index is -0.985. The first kappa shape index (κ1) is 25.6. The number of pyridine rings is 1.